The first kappa shape index (κ1) is 21.5. The van der Waals surface area contributed by atoms with Gasteiger partial charge in [-0.25, -0.2) is 4.79 Å². The lowest BCUT2D eigenvalue weighted by Gasteiger charge is -2.24. The fraction of sp³-hybridized carbons (Fsp3) is 0.391. The summed E-state index contributed by atoms with van der Waals surface area (Å²) in [5, 5.41) is 8.74. The molecule has 0 bridgehead atoms. The number of ether oxygens (including phenoxy) is 1. The highest BCUT2D eigenvalue weighted by Gasteiger charge is 2.20. The van der Waals surface area contributed by atoms with E-state index in [-0.39, 0.29) is 18.0 Å². The maximum absolute atomic E-state index is 12.9. The molecule has 3 amide bonds. The third-order valence-corrected chi connectivity index (χ3v) is 5.27. The van der Waals surface area contributed by atoms with Crippen molar-refractivity contribution in [2.75, 3.05) is 36.7 Å². The Balaban J connectivity index is 1.70. The molecule has 0 heterocycles. The Kier molecular flexibility index (Phi) is 7.17. The molecule has 0 unspecified atom stereocenters. The monoisotopic (exact) mass is 410 g/mol. The molecule has 1 saturated carbocycles. The Hall–Kier alpha value is -3.22. The second-order valence-corrected chi connectivity index (χ2v) is 7.74. The normalized spacial score (nSPS) is 14.0. The molecule has 1 aliphatic rings. The van der Waals surface area contributed by atoms with Crippen molar-refractivity contribution in [2.45, 2.75) is 38.1 Å². The van der Waals surface area contributed by atoms with E-state index in [1.807, 2.05) is 25.1 Å². The summed E-state index contributed by atoms with van der Waals surface area (Å²) < 4.78 is 5.12. The second kappa shape index (κ2) is 10.0. The lowest BCUT2D eigenvalue weighted by Crippen LogP contribution is -2.36. The van der Waals surface area contributed by atoms with Gasteiger partial charge in [-0.1, -0.05) is 19.3 Å². The number of carbonyl (C=O) groups excluding carboxylic acids is 2. The van der Waals surface area contributed by atoms with Gasteiger partial charge in [0.1, 0.15) is 5.75 Å². The smallest absolute Gasteiger partial charge is 0.323 e. The molecule has 0 atom stereocenters. The molecule has 1 fully saturated rings. The van der Waals surface area contributed by atoms with Crippen molar-refractivity contribution in [1.82, 2.24) is 5.32 Å². The van der Waals surface area contributed by atoms with Gasteiger partial charge in [0.15, 0.2) is 0 Å². The minimum atomic E-state index is -0.378. The molecular weight excluding hydrogens is 380 g/mol. The topological polar surface area (TPSA) is 82.7 Å². The van der Waals surface area contributed by atoms with Crippen LogP contribution in [-0.4, -0.2) is 39.2 Å². The van der Waals surface area contributed by atoms with Crippen LogP contribution in [0.4, 0.5) is 21.9 Å². The lowest BCUT2D eigenvalue weighted by molar-refractivity contribution is 0.0928. The zero-order valence-electron chi connectivity index (χ0n) is 17.8. The number of methoxy groups -OCH3 is 1. The van der Waals surface area contributed by atoms with E-state index < -0.39 is 0 Å². The number of urea groups is 1. The molecule has 2 aromatic rings. The first-order valence-corrected chi connectivity index (χ1v) is 10.3. The van der Waals surface area contributed by atoms with E-state index in [0.717, 1.165) is 31.4 Å². The third kappa shape index (κ3) is 5.65. The van der Waals surface area contributed by atoms with Crippen LogP contribution >= 0.6 is 0 Å². The van der Waals surface area contributed by atoms with Gasteiger partial charge in [0.05, 0.1) is 12.7 Å². The van der Waals surface area contributed by atoms with Crippen molar-refractivity contribution in [3.8, 4) is 5.75 Å². The van der Waals surface area contributed by atoms with Crippen LogP contribution in [0.5, 0.6) is 5.75 Å². The highest BCUT2D eigenvalue weighted by atomic mass is 16.5. The molecule has 0 spiro atoms. The van der Waals surface area contributed by atoms with Crippen molar-refractivity contribution in [3.05, 3.63) is 48.0 Å². The van der Waals surface area contributed by atoms with Crippen molar-refractivity contribution in [2.24, 2.45) is 0 Å². The third-order valence-electron chi connectivity index (χ3n) is 5.27. The molecule has 7 nitrogen and oxygen atoms in total. The number of benzene rings is 2. The number of hydrogen-bond donors (Lipinski definition) is 3. The molecule has 30 heavy (non-hydrogen) atoms. The van der Waals surface area contributed by atoms with E-state index in [4.69, 9.17) is 4.74 Å². The maximum Gasteiger partial charge on any atom is 0.323 e. The maximum atomic E-state index is 12.9. The first-order chi connectivity index (χ1) is 14.5. The van der Waals surface area contributed by atoms with E-state index in [0.29, 0.717) is 22.7 Å². The van der Waals surface area contributed by atoms with Crippen LogP contribution in [0.1, 0.15) is 42.5 Å². The predicted molar refractivity (Wildman–Crippen MR) is 121 cm³/mol. The highest BCUT2D eigenvalue weighted by Crippen LogP contribution is 2.25. The van der Waals surface area contributed by atoms with Crippen LogP contribution < -0.4 is 25.6 Å². The van der Waals surface area contributed by atoms with Gasteiger partial charge >= 0.3 is 6.03 Å². The van der Waals surface area contributed by atoms with Gasteiger partial charge in [0.25, 0.3) is 5.91 Å². The van der Waals surface area contributed by atoms with E-state index >= 15 is 0 Å². The fourth-order valence-corrected chi connectivity index (χ4v) is 3.66. The number of anilines is 3. The molecule has 7 heteroatoms. The molecule has 160 valence electrons. The van der Waals surface area contributed by atoms with Crippen LogP contribution in [0, 0.1) is 0 Å². The first-order valence-electron chi connectivity index (χ1n) is 10.3. The average molecular weight is 411 g/mol. The molecule has 3 rings (SSSR count). The number of carbonyl (C=O) groups is 2. The van der Waals surface area contributed by atoms with Crippen LogP contribution in [0.3, 0.4) is 0 Å². The van der Waals surface area contributed by atoms with Crippen LogP contribution in [0.25, 0.3) is 0 Å². The van der Waals surface area contributed by atoms with Crippen LogP contribution in [0.15, 0.2) is 42.5 Å². The molecule has 3 N–H and O–H groups in total. The van der Waals surface area contributed by atoms with Gasteiger partial charge < -0.3 is 25.6 Å². The van der Waals surface area contributed by atoms with Gasteiger partial charge in [0.2, 0.25) is 0 Å². The average Bonchev–Trinajstić information content (AvgIpc) is 2.74. The number of hydrogen-bond acceptors (Lipinski definition) is 4. The quantitative estimate of drug-likeness (QED) is 0.656. The number of amides is 3. The standard InChI is InChI=1S/C23H30N4O3/c1-27(2)21-14-11-18(15-20(21)22(28)24-16-7-5-4-6-8-16)26-23(29)25-17-9-12-19(30-3)13-10-17/h9-16H,4-8H2,1-3H3,(H,24,28)(H2,25,26,29). The Labute approximate surface area is 177 Å². The van der Waals surface area contributed by atoms with Crippen molar-refractivity contribution in [1.29, 1.82) is 0 Å². The summed E-state index contributed by atoms with van der Waals surface area (Å²) in [5.41, 5.74) is 2.56. The van der Waals surface area contributed by atoms with Gasteiger partial charge in [0, 0.05) is 37.2 Å². The zero-order chi connectivity index (χ0) is 21.5. The SMILES string of the molecule is COc1ccc(NC(=O)Nc2ccc(N(C)C)c(C(=O)NC3CCCCC3)c2)cc1. The van der Waals surface area contributed by atoms with E-state index in [2.05, 4.69) is 16.0 Å². The molecule has 1 aliphatic carbocycles. The summed E-state index contributed by atoms with van der Waals surface area (Å²) in [5.74, 6) is 0.610. The minimum absolute atomic E-state index is 0.107. The van der Waals surface area contributed by atoms with Gasteiger partial charge in [-0.3, -0.25) is 4.79 Å². The molecule has 2 aromatic carbocycles. The largest absolute Gasteiger partial charge is 0.497 e. The van der Waals surface area contributed by atoms with Crippen molar-refractivity contribution in [3.63, 3.8) is 0 Å². The summed E-state index contributed by atoms with van der Waals surface area (Å²) in [6.45, 7) is 0. The van der Waals surface area contributed by atoms with E-state index in [9.17, 15) is 9.59 Å². The van der Waals surface area contributed by atoms with Crippen molar-refractivity contribution >= 4 is 29.0 Å². The summed E-state index contributed by atoms with van der Waals surface area (Å²) in [6.07, 6.45) is 5.58. The van der Waals surface area contributed by atoms with Gasteiger partial charge in [-0.2, -0.15) is 0 Å². The van der Waals surface area contributed by atoms with E-state index in [1.165, 1.54) is 6.42 Å². The predicted octanol–water partition coefficient (Wildman–Crippen LogP) is 4.47. The number of nitrogens with zero attached hydrogens (tertiary/aromatic N) is 1. The second-order valence-electron chi connectivity index (χ2n) is 7.74. The molecule has 0 saturated heterocycles. The Bertz CT molecular complexity index is 875. The minimum Gasteiger partial charge on any atom is -0.497 e. The number of rotatable bonds is 6. The summed E-state index contributed by atoms with van der Waals surface area (Å²) in [6, 6.07) is 12.3. The zero-order valence-corrected chi connectivity index (χ0v) is 17.8. The Morgan fingerprint density at radius 3 is 2.20 bits per heavy atom. The Morgan fingerprint density at radius 1 is 0.933 bits per heavy atom. The summed E-state index contributed by atoms with van der Waals surface area (Å²) in [4.78, 5) is 27.2. The van der Waals surface area contributed by atoms with Crippen molar-refractivity contribution < 1.29 is 14.3 Å². The molecular formula is C23H30N4O3. The van der Waals surface area contributed by atoms with Gasteiger partial charge in [-0.15, -0.1) is 0 Å². The van der Waals surface area contributed by atoms with E-state index in [1.54, 1.807) is 43.5 Å². The highest BCUT2D eigenvalue weighted by molar-refractivity contribution is 6.04. The summed E-state index contributed by atoms with van der Waals surface area (Å²) in [7, 11) is 5.39. The molecule has 0 aromatic heterocycles. The lowest BCUT2D eigenvalue weighted by atomic mass is 9.95. The van der Waals surface area contributed by atoms with Crippen LogP contribution in [-0.2, 0) is 0 Å². The van der Waals surface area contributed by atoms with Gasteiger partial charge in [-0.05, 0) is 55.3 Å². The summed E-state index contributed by atoms with van der Waals surface area (Å²) >= 11 is 0. The molecule has 0 aliphatic heterocycles. The van der Waals surface area contributed by atoms with Crippen LogP contribution in [0.2, 0.25) is 0 Å². The Morgan fingerprint density at radius 2 is 1.57 bits per heavy atom. The fourth-order valence-electron chi connectivity index (χ4n) is 3.66. The number of nitrogens with one attached hydrogen (secondary N) is 3. The molecule has 0 radical (unpaired) electrons.